The van der Waals surface area contributed by atoms with Crippen LogP contribution in [0.1, 0.15) is 37.7 Å². The van der Waals surface area contributed by atoms with Crippen molar-refractivity contribution in [2.45, 2.75) is 38.1 Å². The van der Waals surface area contributed by atoms with Gasteiger partial charge in [-0.2, -0.15) is 5.10 Å². The summed E-state index contributed by atoms with van der Waals surface area (Å²) in [5.41, 5.74) is 9.60. The largest absolute Gasteiger partial charge is 0.387 e. The second-order valence-electron chi connectivity index (χ2n) is 7.22. The Bertz CT molecular complexity index is 782. The molecule has 0 radical (unpaired) electrons. The van der Waals surface area contributed by atoms with Crippen LogP contribution in [-0.4, -0.2) is 24.1 Å². The fourth-order valence-electron chi connectivity index (χ4n) is 3.95. The monoisotopic (exact) mass is 346 g/mol. The van der Waals surface area contributed by atoms with Gasteiger partial charge in [-0.25, -0.2) is 0 Å². The number of benzene rings is 2. The summed E-state index contributed by atoms with van der Waals surface area (Å²) in [6.45, 7) is 0.903. The molecule has 2 aliphatic heterocycles. The Morgan fingerprint density at radius 3 is 2.46 bits per heavy atom. The first-order valence-electron chi connectivity index (χ1n) is 9.58. The van der Waals surface area contributed by atoms with Gasteiger partial charge in [-0.1, -0.05) is 55.0 Å². The molecule has 0 aliphatic carbocycles. The van der Waals surface area contributed by atoms with E-state index in [1.54, 1.807) is 0 Å². The Labute approximate surface area is 155 Å². The van der Waals surface area contributed by atoms with Crippen LogP contribution in [0.15, 0.2) is 70.8 Å². The van der Waals surface area contributed by atoms with Crippen molar-refractivity contribution in [3.05, 3.63) is 66.2 Å². The van der Waals surface area contributed by atoms with E-state index in [0.717, 1.165) is 43.8 Å². The number of amidine groups is 1. The van der Waals surface area contributed by atoms with Crippen molar-refractivity contribution in [2.75, 3.05) is 11.6 Å². The molecule has 26 heavy (non-hydrogen) atoms. The van der Waals surface area contributed by atoms with Crippen molar-refractivity contribution < 1.29 is 0 Å². The number of anilines is 1. The minimum absolute atomic E-state index is 0.312. The van der Waals surface area contributed by atoms with Gasteiger partial charge in [0.2, 0.25) is 0 Å². The second kappa shape index (κ2) is 7.73. The molecular formula is C22H26N4. The number of hydrazone groups is 1. The number of rotatable bonds is 4. The van der Waals surface area contributed by atoms with Crippen LogP contribution in [0, 0.1) is 5.92 Å². The number of hydrogen-bond acceptors (Lipinski definition) is 4. The normalized spacial score (nSPS) is 23.3. The average molecular weight is 346 g/mol. The summed E-state index contributed by atoms with van der Waals surface area (Å²) in [5, 5.41) is 7.12. The van der Waals surface area contributed by atoms with E-state index in [1.165, 1.54) is 17.7 Å². The summed E-state index contributed by atoms with van der Waals surface area (Å²) in [6.07, 6.45) is 5.45. The highest BCUT2D eigenvalue weighted by atomic mass is 15.5. The molecule has 0 bridgehead atoms. The Morgan fingerprint density at radius 2 is 1.69 bits per heavy atom. The number of hydrogen-bond donors (Lipinski definition) is 1. The predicted molar refractivity (Wildman–Crippen MR) is 109 cm³/mol. The third kappa shape index (κ3) is 3.79. The van der Waals surface area contributed by atoms with E-state index in [1.807, 2.05) is 6.07 Å². The van der Waals surface area contributed by atoms with Crippen molar-refractivity contribution in [1.29, 1.82) is 0 Å². The van der Waals surface area contributed by atoms with Gasteiger partial charge in [0.1, 0.15) is 0 Å². The molecule has 2 N–H and O–H groups in total. The van der Waals surface area contributed by atoms with E-state index in [4.69, 9.17) is 15.8 Å². The minimum Gasteiger partial charge on any atom is -0.387 e. The Kier molecular flexibility index (Phi) is 5.00. The molecule has 0 spiro atoms. The van der Waals surface area contributed by atoms with Crippen molar-refractivity contribution in [2.24, 2.45) is 21.7 Å². The van der Waals surface area contributed by atoms with Crippen LogP contribution in [0.2, 0.25) is 0 Å². The molecule has 0 saturated carbocycles. The number of nitrogens with zero attached hydrogens (tertiary/aromatic N) is 3. The van der Waals surface area contributed by atoms with Gasteiger partial charge >= 0.3 is 0 Å². The number of nitrogens with two attached hydrogens (primary N) is 1. The van der Waals surface area contributed by atoms with Gasteiger partial charge in [-0.05, 0) is 37.0 Å². The van der Waals surface area contributed by atoms with Crippen molar-refractivity contribution >= 4 is 17.2 Å². The molecule has 2 atom stereocenters. The first-order valence-corrected chi connectivity index (χ1v) is 9.58. The first kappa shape index (κ1) is 16.8. The summed E-state index contributed by atoms with van der Waals surface area (Å²) in [4.78, 5) is 4.79. The topological polar surface area (TPSA) is 54.0 Å². The highest BCUT2D eigenvalue weighted by Gasteiger charge is 2.31. The molecule has 2 aromatic carbocycles. The SMILES string of the molecule is NC1=NC(CC2CN(c3ccccc3)N=C2c2ccccc2)CCCC1. The van der Waals surface area contributed by atoms with Crippen LogP contribution in [0.5, 0.6) is 0 Å². The standard InChI is InChI=1S/C22H26N4/c23-21-14-8-7-11-19(24-21)15-18-16-26(20-12-5-2-6-13-20)25-22(18)17-9-3-1-4-10-17/h1-6,9-10,12-13,18-19H,7-8,11,14-16H2,(H2,23,24). The van der Waals surface area contributed by atoms with Crippen LogP contribution < -0.4 is 10.7 Å². The summed E-state index contributed by atoms with van der Waals surface area (Å²) >= 11 is 0. The van der Waals surface area contributed by atoms with Crippen molar-refractivity contribution in [3.63, 3.8) is 0 Å². The van der Waals surface area contributed by atoms with E-state index in [-0.39, 0.29) is 0 Å². The highest BCUT2D eigenvalue weighted by Crippen LogP contribution is 2.30. The van der Waals surface area contributed by atoms with Gasteiger partial charge in [0.15, 0.2) is 0 Å². The van der Waals surface area contributed by atoms with Crippen molar-refractivity contribution in [3.8, 4) is 0 Å². The first-order chi connectivity index (χ1) is 12.8. The lowest BCUT2D eigenvalue weighted by Gasteiger charge is -2.19. The van der Waals surface area contributed by atoms with Gasteiger partial charge in [-0.15, -0.1) is 0 Å². The summed E-state index contributed by atoms with van der Waals surface area (Å²) in [7, 11) is 0. The maximum absolute atomic E-state index is 6.07. The van der Waals surface area contributed by atoms with Crippen LogP contribution in [0.3, 0.4) is 0 Å². The lowest BCUT2D eigenvalue weighted by molar-refractivity contribution is 0.500. The Balaban J connectivity index is 1.60. The minimum atomic E-state index is 0.312. The van der Waals surface area contributed by atoms with Gasteiger partial charge in [0, 0.05) is 12.3 Å². The molecule has 0 aromatic heterocycles. The molecule has 4 nitrogen and oxygen atoms in total. The molecule has 2 aromatic rings. The molecule has 0 fully saturated rings. The van der Waals surface area contributed by atoms with Crippen LogP contribution in [0.4, 0.5) is 5.69 Å². The maximum Gasteiger partial charge on any atom is 0.0940 e. The molecule has 0 amide bonds. The molecule has 2 aliphatic rings. The van der Waals surface area contributed by atoms with E-state index in [2.05, 4.69) is 59.6 Å². The van der Waals surface area contributed by atoms with Gasteiger partial charge < -0.3 is 5.73 Å². The fraction of sp³-hybridized carbons (Fsp3) is 0.364. The van der Waals surface area contributed by atoms with Crippen molar-refractivity contribution in [1.82, 2.24) is 0 Å². The Hall–Kier alpha value is -2.62. The summed E-state index contributed by atoms with van der Waals surface area (Å²) in [5.74, 6) is 1.20. The smallest absolute Gasteiger partial charge is 0.0940 e. The van der Waals surface area contributed by atoms with Crippen LogP contribution in [0.25, 0.3) is 0 Å². The van der Waals surface area contributed by atoms with Crippen LogP contribution >= 0.6 is 0 Å². The van der Waals surface area contributed by atoms with Gasteiger partial charge in [0.25, 0.3) is 0 Å². The molecule has 2 unspecified atom stereocenters. The molecule has 0 saturated heterocycles. The third-order valence-corrected chi connectivity index (χ3v) is 5.26. The quantitative estimate of drug-likeness (QED) is 0.901. The lowest BCUT2D eigenvalue weighted by Crippen LogP contribution is -2.25. The zero-order chi connectivity index (χ0) is 17.8. The number of para-hydroxylation sites is 1. The Morgan fingerprint density at radius 1 is 0.962 bits per heavy atom. The zero-order valence-electron chi connectivity index (χ0n) is 15.1. The molecule has 4 rings (SSSR count). The molecule has 2 heterocycles. The zero-order valence-corrected chi connectivity index (χ0v) is 15.1. The lowest BCUT2D eigenvalue weighted by atomic mass is 9.90. The average Bonchev–Trinajstić information content (AvgIpc) is 2.99. The number of aliphatic imine (C=N–C) groups is 1. The second-order valence-corrected chi connectivity index (χ2v) is 7.22. The van der Waals surface area contributed by atoms with E-state index in [0.29, 0.717) is 12.0 Å². The third-order valence-electron chi connectivity index (χ3n) is 5.26. The van der Waals surface area contributed by atoms with E-state index in [9.17, 15) is 0 Å². The van der Waals surface area contributed by atoms with Crippen LogP contribution in [-0.2, 0) is 0 Å². The molecule has 4 heteroatoms. The molecule has 134 valence electrons. The highest BCUT2D eigenvalue weighted by molar-refractivity contribution is 6.04. The predicted octanol–water partition coefficient (Wildman–Crippen LogP) is 4.22. The summed E-state index contributed by atoms with van der Waals surface area (Å²) in [6, 6.07) is 21.3. The maximum atomic E-state index is 6.07. The van der Waals surface area contributed by atoms with Gasteiger partial charge in [0.05, 0.1) is 29.8 Å². The van der Waals surface area contributed by atoms with Gasteiger partial charge in [-0.3, -0.25) is 10.0 Å². The fourth-order valence-corrected chi connectivity index (χ4v) is 3.95. The van der Waals surface area contributed by atoms with E-state index < -0.39 is 0 Å². The van der Waals surface area contributed by atoms with E-state index >= 15 is 0 Å². The molecular weight excluding hydrogens is 320 g/mol. The summed E-state index contributed by atoms with van der Waals surface area (Å²) < 4.78 is 0.